The van der Waals surface area contributed by atoms with Gasteiger partial charge in [0.15, 0.2) is 11.5 Å². The number of methoxy groups -OCH3 is 2. The number of fused-ring (bicyclic) bond motifs is 5. The van der Waals surface area contributed by atoms with Gasteiger partial charge in [-0.15, -0.1) is 0 Å². The molecule has 2 N–H and O–H groups in total. The highest BCUT2D eigenvalue weighted by atomic mass is 19.1. The fourth-order valence-corrected chi connectivity index (χ4v) is 9.29. The van der Waals surface area contributed by atoms with Gasteiger partial charge >= 0.3 is 0 Å². The van der Waals surface area contributed by atoms with Crippen molar-refractivity contribution in [1.82, 2.24) is 4.90 Å². The molecule has 2 saturated carbocycles. The number of unbranched alkanes of at least 4 members (excludes halogenated alkanes) is 2. The molecule has 0 aromatic heterocycles. The molecule has 6 nitrogen and oxygen atoms in total. The van der Waals surface area contributed by atoms with E-state index in [1.54, 1.807) is 20.3 Å². The quantitative estimate of drug-likeness (QED) is 0.199. The van der Waals surface area contributed by atoms with Crippen LogP contribution in [0.2, 0.25) is 0 Å². The van der Waals surface area contributed by atoms with Gasteiger partial charge in [-0.1, -0.05) is 62.2 Å². The summed E-state index contributed by atoms with van der Waals surface area (Å²) in [4.78, 5) is 15.6. The van der Waals surface area contributed by atoms with Gasteiger partial charge in [0.25, 0.3) is 0 Å². The highest BCUT2D eigenvalue weighted by Crippen LogP contribution is 2.63. The first-order valence-electron chi connectivity index (χ1n) is 17.4. The molecule has 2 fully saturated rings. The molecule has 3 aromatic carbocycles. The summed E-state index contributed by atoms with van der Waals surface area (Å²) in [6.07, 6.45) is 5.61. The third-order valence-electron chi connectivity index (χ3n) is 11.7. The number of halogens is 1. The summed E-state index contributed by atoms with van der Waals surface area (Å²) in [5.41, 5.74) is 3.74. The van der Waals surface area contributed by atoms with Gasteiger partial charge in [-0.05, 0) is 108 Å². The maximum Gasteiger partial charge on any atom is 0.227 e. The van der Waals surface area contributed by atoms with Crippen LogP contribution in [0.1, 0.15) is 80.0 Å². The number of ether oxygens (including phenoxy) is 2. The maximum absolute atomic E-state index is 16.1. The first-order valence-corrected chi connectivity index (χ1v) is 17.4. The third-order valence-corrected chi connectivity index (χ3v) is 11.7. The molecule has 0 saturated heterocycles. The van der Waals surface area contributed by atoms with E-state index in [1.807, 2.05) is 53.4 Å². The number of phenols is 1. The predicted molar refractivity (Wildman–Crippen MR) is 181 cm³/mol. The molecule has 0 bridgehead atoms. The molecule has 7 heteroatoms. The Kier molecular flexibility index (Phi) is 10.1. The lowest BCUT2D eigenvalue weighted by Gasteiger charge is -2.54. The zero-order chi connectivity index (χ0) is 33.1. The number of carbonyl (C=O) groups is 1. The molecule has 3 aliphatic carbocycles. The first kappa shape index (κ1) is 33.3. The summed E-state index contributed by atoms with van der Waals surface area (Å²) >= 11 is 0. The van der Waals surface area contributed by atoms with Gasteiger partial charge in [-0.2, -0.15) is 0 Å². The number of aromatic hydroxyl groups is 1. The lowest BCUT2D eigenvalue weighted by atomic mass is 9.51. The van der Waals surface area contributed by atoms with Crippen molar-refractivity contribution in [3.63, 3.8) is 0 Å². The average molecular weight is 644 g/mol. The van der Waals surface area contributed by atoms with E-state index >= 15 is 4.39 Å². The van der Waals surface area contributed by atoms with E-state index in [1.165, 1.54) is 0 Å². The number of benzene rings is 3. The van der Waals surface area contributed by atoms with Crippen molar-refractivity contribution in [3.8, 4) is 17.2 Å². The Hall–Kier alpha value is -3.58. The van der Waals surface area contributed by atoms with E-state index in [0.717, 1.165) is 67.2 Å². The molecule has 0 spiro atoms. The smallest absolute Gasteiger partial charge is 0.227 e. The molecule has 0 heterocycles. The number of nitrogens with zero attached hydrogens (tertiary/aromatic N) is 1. The second kappa shape index (κ2) is 14.3. The van der Waals surface area contributed by atoms with E-state index < -0.39 is 12.3 Å². The molecule has 0 aliphatic heterocycles. The lowest BCUT2D eigenvalue weighted by Crippen LogP contribution is -2.51. The largest absolute Gasteiger partial charge is 0.508 e. The molecule has 252 valence electrons. The second-order valence-electron chi connectivity index (χ2n) is 14.4. The summed E-state index contributed by atoms with van der Waals surface area (Å²) in [6, 6.07) is 21.2. The van der Waals surface area contributed by atoms with Gasteiger partial charge in [0.05, 0.1) is 26.7 Å². The highest BCUT2D eigenvalue weighted by Gasteiger charge is 2.59. The fraction of sp³-hybridized carbons (Fsp3) is 0.525. The second-order valence-corrected chi connectivity index (χ2v) is 14.4. The molecule has 7 atom stereocenters. The van der Waals surface area contributed by atoms with E-state index in [4.69, 9.17) is 9.47 Å². The van der Waals surface area contributed by atoms with Gasteiger partial charge in [0, 0.05) is 19.0 Å². The minimum atomic E-state index is -0.997. The normalized spacial score (nSPS) is 27.8. The molecular weight excluding hydrogens is 593 g/mol. The van der Waals surface area contributed by atoms with Crippen LogP contribution in [0.4, 0.5) is 4.39 Å². The topological polar surface area (TPSA) is 79.2 Å². The van der Waals surface area contributed by atoms with Crippen LogP contribution in [-0.4, -0.2) is 54.1 Å². The SMILES string of the molecule is COc1ccc(CC(=O)N(CCCCC[C@@H]2Cc3cc(O)ccc3[C@@H]3[C@@H]2[C@@H]2CC[C@H](O)[C@@]2(C)C[C@@H]3F)Cc2ccccc2)cc1OC. The minimum Gasteiger partial charge on any atom is -0.508 e. The van der Waals surface area contributed by atoms with Crippen molar-refractivity contribution >= 4 is 5.91 Å². The molecule has 0 radical (unpaired) electrons. The standard InChI is InChI=1S/C40H50FNO5/c1-40-24-33(41)39-31-15-14-30(43)23-29(31)22-28(38(39)32(40)16-18-36(40)44)12-8-5-9-19-42(25-26-10-6-4-7-11-26)37(45)21-27-13-17-34(46-2)35(20-27)47-3/h4,6-7,10-11,13-15,17,20,23,28,32-33,36,38-39,43-44H,5,8-9,12,16,18-19,21-22,24-25H2,1-3H3/t28-,32+,33+,36+,38+,39+,40+/m1/s1. The van der Waals surface area contributed by atoms with Crippen LogP contribution in [0.15, 0.2) is 66.7 Å². The number of aliphatic hydroxyl groups excluding tert-OH is 1. The number of amides is 1. The molecule has 0 unspecified atom stereocenters. The van der Waals surface area contributed by atoms with E-state index in [-0.39, 0.29) is 35.3 Å². The fourth-order valence-electron chi connectivity index (χ4n) is 9.29. The van der Waals surface area contributed by atoms with Crippen molar-refractivity contribution in [2.45, 2.75) is 89.4 Å². The Morgan fingerprint density at radius 2 is 1.74 bits per heavy atom. The van der Waals surface area contributed by atoms with Crippen LogP contribution in [0, 0.1) is 23.2 Å². The third kappa shape index (κ3) is 6.87. The summed E-state index contributed by atoms with van der Waals surface area (Å²) in [5, 5.41) is 21.2. The minimum absolute atomic E-state index is 0.0721. The number of hydrogen-bond acceptors (Lipinski definition) is 5. The van der Waals surface area contributed by atoms with Crippen LogP contribution in [-0.2, 0) is 24.2 Å². The van der Waals surface area contributed by atoms with Gasteiger partial charge in [-0.3, -0.25) is 4.79 Å². The monoisotopic (exact) mass is 643 g/mol. The van der Waals surface area contributed by atoms with Gasteiger partial charge in [-0.25, -0.2) is 4.39 Å². The van der Waals surface area contributed by atoms with Gasteiger partial charge < -0.3 is 24.6 Å². The summed E-state index contributed by atoms with van der Waals surface area (Å²) in [6.45, 7) is 3.33. The molecular formula is C40H50FNO5. The Morgan fingerprint density at radius 3 is 2.51 bits per heavy atom. The summed E-state index contributed by atoms with van der Waals surface area (Å²) in [5.74, 6) is 2.18. The van der Waals surface area contributed by atoms with Crippen LogP contribution in [0.5, 0.6) is 17.2 Å². The lowest BCUT2D eigenvalue weighted by molar-refractivity contribution is -0.131. The average Bonchev–Trinajstić information content (AvgIpc) is 3.36. The Bertz CT molecular complexity index is 1530. The first-order chi connectivity index (χ1) is 22.7. The number of phenolic OH excluding ortho intramolecular Hbond substituents is 1. The number of hydrogen-bond donors (Lipinski definition) is 2. The van der Waals surface area contributed by atoms with Crippen LogP contribution in [0.25, 0.3) is 0 Å². The Balaban J connectivity index is 1.12. The van der Waals surface area contributed by atoms with Crippen molar-refractivity contribution < 1.29 is 28.9 Å². The zero-order valence-corrected chi connectivity index (χ0v) is 28.0. The van der Waals surface area contributed by atoms with E-state index in [0.29, 0.717) is 42.8 Å². The van der Waals surface area contributed by atoms with Crippen molar-refractivity contribution in [3.05, 3.63) is 89.0 Å². The zero-order valence-electron chi connectivity index (χ0n) is 28.0. The van der Waals surface area contributed by atoms with E-state index in [2.05, 4.69) is 19.1 Å². The predicted octanol–water partition coefficient (Wildman–Crippen LogP) is 7.63. The van der Waals surface area contributed by atoms with Crippen molar-refractivity contribution in [1.29, 1.82) is 0 Å². The Labute approximate surface area is 278 Å². The van der Waals surface area contributed by atoms with Crippen LogP contribution >= 0.6 is 0 Å². The number of carbonyl (C=O) groups excluding carboxylic acids is 1. The number of rotatable bonds is 12. The maximum atomic E-state index is 16.1. The summed E-state index contributed by atoms with van der Waals surface area (Å²) < 4.78 is 27.0. The van der Waals surface area contributed by atoms with Crippen molar-refractivity contribution in [2.24, 2.45) is 23.2 Å². The van der Waals surface area contributed by atoms with Crippen molar-refractivity contribution in [2.75, 3.05) is 20.8 Å². The van der Waals surface area contributed by atoms with Crippen LogP contribution in [0.3, 0.4) is 0 Å². The van der Waals surface area contributed by atoms with Crippen LogP contribution < -0.4 is 9.47 Å². The highest BCUT2D eigenvalue weighted by molar-refractivity contribution is 5.79. The number of alkyl halides is 1. The van der Waals surface area contributed by atoms with E-state index in [9.17, 15) is 15.0 Å². The summed E-state index contributed by atoms with van der Waals surface area (Å²) in [7, 11) is 3.20. The molecule has 47 heavy (non-hydrogen) atoms. The molecule has 1 amide bonds. The number of aliphatic hydroxyl groups is 1. The Morgan fingerprint density at radius 1 is 0.957 bits per heavy atom. The molecule has 3 aliphatic rings. The van der Waals surface area contributed by atoms with Gasteiger partial charge in [0.1, 0.15) is 11.9 Å². The molecule has 3 aromatic rings. The molecule has 6 rings (SSSR count). The van der Waals surface area contributed by atoms with Gasteiger partial charge in [0.2, 0.25) is 5.91 Å².